The Labute approximate surface area is 77.5 Å². The zero-order valence-electron chi connectivity index (χ0n) is 9.26. The topological polar surface area (TPSA) is 9.23 Å². The van der Waals surface area contributed by atoms with Gasteiger partial charge in [-0.3, -0.25) is 0 Å². The second-order valence-electron chi connectivity index (χ2n) is 4.32. The Bertz CT molecular complexity index is 97.2. The average Bonchev–Trinajstić information content (AvgIpc) is 1.84. The lowest BCUT2D eigenvalue weighted by atomic mass is 10.0. The van der Waals surface area contributed by atoms with E-state index >= 15 is 0 Å². The molecule has 0 radical (unpaired) electrons. The maximum absolute atomic E-state index is 5.63. The van der Waals surface area contributed by atoms with Crippen LogP contribution in [0.1, 0.15) is 53.9 Å². The first-order valence-corrected chi connectivity index (χ1v) is 5.17. The molecule has 0 spiro atoms. The fourth-order valence-electron chi connectivity index (χ4n) is 1.35. The third kappa shape index (κ3) is 8.06. The van der Waals surface area contributed by atoms with Crippen molar-refractivity contribution in [1.29, 1.82) is 0 Å². The minimum Gasteiger partial charge on any atom is -0.376 e. The second-order valence-corrected chi connectivity index (χ2v) is 4.32. The second kappa shape index (κ2) is 6.47. The van der Waals surface area contributed by atoms with Crippen molar-refractivity contribution in [3.8, 4) is 0 Å². The van der Waals surface area contributed by atoms with Gasteiger partial charge in [-0.1, -0.05) is 26.7 Å². The Morgan fingerprint density at radius 1 is 0.917 bits per heavy atom. The molecule has 0 fully saturated rings. The SMILES string of the molecule is CC(C)CCC[C@H](C)OC(C)C. The van der Waals surface area contributed by atoms with Gasteiger partial charge in [0.1, 0.15) is 0 Å². The van der Waals surface area contributed by atoms with Crippen LogP contribution in [0, 0.1) is 5.92 Å². The van der Waals surface area contributed by atoms with Gasteiger partial charge in [-0.15, -0.1) is 0 Å². The molecular formula is C11H24O. The highest BCUT2D eigenvalue weighted by molar-refractivity contribution is 4.54. The first-order valence-electron chi connectivity index (χ1n) is 5.17. The van der Waals surface area contributed by atoms with E-state index in [1.807, 2.05) is 0 Å². The van der Waals surface area contributed by atoms with Crippen LogP contribution in [-0.2, 0) is 4.74 Å². The van der Waals surface area contributed by atoms with Crippen molar-refractivity contribution in [3.63, 3.8) is 0 Å². The molecule has 0 saturated carbocycles. The molecule has 0 unspecified atom stereocenters. The summed E-state index contributed by atoms with van der Waals surface area (Å²) in [6.07, 6.45) is 4.64. The van der Waals surface area contributed by atoms with E-state index in [0.29, 0.717) is 12.2 Å². The molecule has 0 aromatic heterocycles. The van der Waals surface area contributed by atoms with Crippen LogP contribution in [0.2, 0.25) is 0 Å². The van der Waals surface area contributed by atoms with E-state index in [4.69, 9.17) is 4.74 Å². The van der Waals surface area contributed by atoms with Crippen LogP contribution in [0.3, 0.4) is 0 Å². The average molecular weight is 172 g/mol. The van der Waals surface area contributed by atoms with Crippen molar-refractivity contribution < 1.29 is 4.74 Å². The molecular weight excluding hydrogens is 148 g/mol. The monoisotopic (exact) mass is 172 g/mol. The van der Waals surface area contributed by atoms with Gasteiger partial charge in [0.25, 0.3) is 0 Å². The highest BCUT2D eigenvalue weighted by Crippen LogP contribution is 2.11. The molecule has 0 heterocycles. The lowest BCUT2D eigenvalue weighted by molar-refractivity contribution is 0.0128. The van der Waals surface area contributed by atoms with Crippen molar-refractivity contribution >= 4 is 0 Å². The Hall–Kier alpha value is -0.0400. The van der Waals surface area contributed by atoms with Gasteiger partial charge >= 0.3 is 0 Å². The lowest BCUT2D eigenvalue weighted by Crippen LogP contribution is -2.14. The number of ether oxygens (including phenoxy) is 1. The molecule has 0 aliphatic heterocycles. The predicted molar refractivity (Wildman–Crippen MR) is 54.4 cm³/mol. The third-order valence-electron chi connectivity index (χ3n) is 1.90. The molecule has 1 heteroatoms. The zero-order valence-corrected chi connectivity index (χ0v) is 9.26. The molecule has 0 aliphatic carbocycles. The van der Waals surface area contributed by atoms with Crippen molar-refractivity contribution in [1.82, 2.24) is 0 Å². The normalized spacial score (nSPS) is 14.2. The summed E-state index contributed by atoms with van der Waals surface area (Å²) in [6, 6.07) is 0. The van der Waals surface area contributed by atoms with E-state index in [-0.39, 0.29) is 0 Å². The molecule has 0 N–H and O–H groups in total. The molecule has 1 atom stereocenters. The first-order chi connectivity index (χ1) is 5.52. The summed E-state index contributed by atoms with van der Waals surface area (Å²) in [5.74, 6) is 0.830. The van der Waals surface area contributed by atoms with Crippen LogP contribution in [0.15, 0.2) is 0 Å². The summed E-state index contributed by atoms with van der Waals surface area (Å²) in [5.41, 5.74) is 0. The Kier molecular flexibility index (Phi) is 6.45. The molecule has 0 amide bonds. The van der Waals surface area contributed by atoms with Gasteiger partial charge in [0.05, 0.1) is 12.2 Å². The molecule has 0 aromatic rings. The van der Waals surface area contributed by atoms with Gasteiger partial charge in [-0.05, 0) is 33.1 Å². The summed E-state index contributed by atoms with van der Waals surface area (Å²) in [5, 5.41) is 0. The van der Waals surface area contributed by atoms with Gasteiger partial charge in [-0.2, -0.15) is 0 Å². The molecule has 0 aromatic carbocycles. The summed E-state index contributed by atoms with van der Waals surface area (Å²) < 4.78 is 5.63. The first kappa shape index (κ1) is 12.0. The fourth-order valence-corrected chi connectivity index (χ4v) is 1.35. The van der Waals surface area contributed by atoms with Crippen molar-refractivity contribution in [2.24, 2.45) is 5.92 Å². The maximum Gasteiger partial charge on any atom is 0.0550 e. The summed E-state index contributed by atoms with van der Waals surface area (Å²) in [6.45, 7) is 10.9. The highest BCUT2D eigenvalue weighted by Gasteiger charge is 2.04. The van der Waals surface area contributed by atoms with Gasteiger partial charge < -0.3 is 4.74 Å². The smallest absolute Gasteiger partial charge is 0.0550 e. The molecule has 0 saturated heterocycles. The Morgan fingerprint density at radius 3 is 1.92 bits per heavy atom. The molecule has 1 nitrogen and oxygen atoms in total. The van der Waals surface area contributed by atoms with Crippen LogP contribution in [0.25, 0.3) is 0 Å². The Morgan fingerprint density at radius 2 is 1.50 bits per heavy atom. The Balaban J connectivity index is 3.25. The van der Waals surface area contributed by atoms with Crippen LogP contribution >= 0.6 is 0 Å². The number of hydrogen-bond donors (Lipinski definition) is 0. The minimum absolute atomic E-state index is 0.374. The summed E-state index contributed by atoms with van der Waals surface area (Å²) >= 11 is 0. The molecule has 0 rings (SSSR count). The standard InChI is InChI=1S/C11H24O/c1-9(2)7-6-8-11(5)12-10(3)4/h9-11H,6-8H2,1-5H3/t11-/m0/s1. The van der Waals surface area contributed by atoms with Crippen molar-refractivity contribution in [2.75, 3.05) is 0 Å². The van der Waals surface area contributed by atoms with E-state index in [1.54, 1.807) is 0 Å². The third-order valence-corrected chi connectivity index (χ3v) is 1.90. The van der Waals surface area contributed by atoms with E-state index < -0.39 is 0 Å². The highest BCUT2D eigenvalue weighted by atomic mass is 16.5. The fraction of sp³-hybridized carbons (Fsp3) is 1.00. The van der Waals surface area contributed by atoms with Gasteiger partial charge in [0, 0.05) is 0 Å². The van der Waals surface area contributed by atoms with Gasteiger partial charge in [0.2, 0.25) is 0 Å². The zero-order chi connectivity index (χ0) is 9.56. The van der Waals surface area contributed by atoms with Gasteiger partial charge in [0.15, 0.2) is 0 Å². The van der Waals surface area contributed by atoms with Crippen molar-refractivity contribution in [2.45, 2.75) is 66.1 Å². The summed E-state index contributed by atoms with van der Waals surface area (Å²) in [4.78, 5) is 0. The number of hydrogen-bond acceptors (Lipinski definition) is 1. The van der Waals surface area contributed by atoms with Gasteiger partial charge in [-0.25, -0.2) is 0 Å². The lowest BCUT2D eigenvalue weighted by Gasteiger charge is -2.16. The van der Waals surface area contributed by atoms with E-state index in [2.05, 4.69) is 34.6 Å². The van der Waals surface area contributed by atoms with Crippen LogP contribution in [-0.4, -0.2) is 12.2 Å². The quantitative estimate of drug-likeness (QED) is 0.594. The van der Waals surface area contributed by atoms with E-state index in [0.717, 1.165) is 5.92 Å². The van der Waals surface area contributed by atoms with E-state index in [9.17, 15) is 0 Å². The summed E-state index contributed by atoms with van der Waals surface area (Å²) in [7, 11) is 0. The molecule has 0 aliphatic rings. The van der Waals surface area contributed by atoms with Crippen molar-refractivity contribution in [3.05, 3.63) is 0 Å². The molecule has 74 valence electrons. The van der Waals surface area contributed by atoms with Crippen LogP contribution in [0.5, 0.6) is 0 Å². The largest absolute Gasteiger partial charge is 0.376 e. The van der Waals surface area contributed by atoms with Crippen LogP contribution < -0.4 is 0 Å². The molecule has 0 bridgehead atoms. The van der Waals surface area contributed by atoms with E-state index in [1.165, 1.54) is 19.3 Å². The number of rotatable bonds is 6. The molecule has 12 heavy (non-hydrogen) atoms. The van der Waals surface area contributed by atoms with Crippen LogP contribution in [0.4, 0.5) is 0 Å². The maximum atomic E-state index is 5.63. The minimum atomic E-state index is 0.374. The predicted octanol–water partition coefficient (Wildman–Crippen LogP) is 3.63.